The zero-order valence-corrected chi connectivity index (χ0v) is 14.8. The van der Waals surface area contributed by atoms with Gasteiger partial charge in [-0.3, -0.25) is 0 Å². The Labute approximate surface area is 148 Å². The van der Waals surface area contributed by atoms with E-state index in [0.29, 0.717) is 35.2 Å². The molecule has 5 heteroatoms. The van der Waals surface area contributed by atoms with Crippen molar-refractivity contribution in [3.05, 3.63) is 47.5 Å². The van der Waals surface area contributed by atoms with Crippen LogP contribution in [-0.4, -0.2) is 27.9 Å². The topological polar surface area (TPSA) is 60.7 Å². The van der Waals surface area contributed by atoms with E-state index in [0.717, 1.165) is 11.1 Å². The molecular weight excluding hydrogens is 318 g/mol. The second kappa shape index (κ2) is 8.65. The van der Waals surface area contributed by atoms with E-state index >= 15 is 0 Å². The van der Waals surface area contributed by atoms with Gasteiger partial charge in [0.05, 0.1) is 39.6 Å². The molecular formula is C20H21NO4. The third kappa shape index (κ3) is 4.24. The van der Waals surface area contributed by atoms with E-state index in [1.165, 1.54) is 0 Å². The molecule has 0 saturated carbocycles. The highest BCUT2D eigenvalue weighted by molar-refractivity contribution is 5.90. The number of methoxy groups -OCH3 is 3. The van der Waals surface area contributed by atoms with Crippen LogP contribution in [0.4, 0.5) is 0 Å². The van der Waals surface area contributed by atoms with Crippen molar-refractivity contribution in [2.45, 2.75) is 6.92 Å². The molecule has 0 saturated heterocycles. The van der Waals surface area contributed by atoms with Gasteiger partial charge in [0.25, 0.3) is 0 Å². The Morgan fingerprint density at radius 3 is 2.16 bits per heavy atom. The van der Waals surface area contributed by atoms with E-state index in [2.05, 4.69) is 6.07 Å². The van der Waals surface area contributed by atoms with Crippen LogP contribution < -0.4 is 18.9 Å². The van der Waals surface area contributed by atoms with Crippen LogP contribution in [0.1, 0.15) is 18.1 Å². The molecule has 0 radical (unpaired) electrons. The van der Waals surface area contributed by atoms with E-state index in [1.54, 1.807) is 39.5 Å². The highest BCUT2D eigenvalue weighted by Gasteiger charge is 2.09. The van der Waals surface area contributed by atoms with Crippen LogP contribution in [0, 0.1) is 11.3 Å². The standard InChI is InChI=1S/C20H21NO4/c1-5-25-18-8-6-14(11-19(18)23-3)10-16(13-21)15-7-9-17(22-2)20(12-15)24-4/h6-12H,5H2,1-4H3/b16-10+. The lowest BCUT2D eigenvalue weighted by atomic mass is 10.0. The van der Waals surface area contributed by atoms with E-state index < -0.39 is 0 Å². The van der Waals surface area contributed by atoms with Gasteiger partial charge in [0.1, 0.15) is 0 Å². The van der Waals surface area contributed by atoms with Crippen molar-refractivity contribution < 1.29 is 18.9 Å². The molecule has 0 unspecified atom stereocenters. The lowest BCUT2D eigenvalue weighted by molar-refractivity contribution is 0.311. The summed E-state index contributed by atoms with van der Waals surface area (Å²) in [5.41, 5.74) is 2.09. The summed E-state index contributed by atoms with van der Waals surface area (Å²) in [5, 5.41) is 9.55. The predicted octanol–water partition coefficient (Wildman–Crippen LogP) is 4.18. The van der Waals surface area contributed by atoms with Crippen molar-refractivity contribution in [2.24, 2.45) is 0 Å². The van der Waals surface area contributed by atoms with Crippen LogP contribution in [0.3, 0.4) is 0 Å². The number of nitriles is 1. The summed E-state index contributed by atoms with van der Waals surface area (Å²) < 4.78 is 21.4. The summed E-state index contributed by atoms with van der Waals surface area (Å²) in [4.78, 5) is 0. The van der Waals surface area contributed by atoms with Crippen LogP contribution in [0.15, 0.2) is 36.4 Å². The van der Waals surface area contributed by atoms with Crippen molar-refractivity contribution in [3.63, 3.8) is 0 Å². The first-order chi connectivity index (χ1) is 12.2. The molecule has 130 valence electrons. The Hall–Kier alpha value is -3.13. The smallest absolute Gasteiger partial charge is 0.161 e. The predicted molar refractivity (Wildman–Crippen MR) is 97.2 cm³/mol. The van der Waals surface area contributed by atoms with Gasteiger partial charge in [-0.05, 0) is 54.5 Å². The summed E-state index contributed by atoms with van der Waals surface area (Å²) in [6.45, 7) is 2.47. The van der Waals surface area contributed by atoms with Gasteiger partial charge in [-0.15, -0.1) is 0 Å². The van der Waals surface area contributed by atoms with E-state index in [4.69, 9.17) is 18.9 Å². The summed E-state index contributed by atoms with van der Waals surface area (Å²) in [6.07, 6.45) is 1.79. The first-order valence-electron chi connectivity index (χ1n) is 7.81. The Morgan fingerprint density at radius 2 is 1.56 bits per heavy atom. The Bertz CT molecular complexity index is 806. The summed E-state index contributed by atoms with van der Waals surface area (Å²) in [5.74, 6) is 2.49. The highest BCUT2D eigenvalue weighted by Crippen LogP contribution is 2.32. The Balaban J connectivity index is 2.42. The molecule has 0 aromatic heterocycles. The average Bonchev–Trinajstić information content (AvgIpc) is 2.66. The molecule has 2 aromatic rings. The molecule has 2 aromatic carbocycles. The molecule has 0 amide bonds. The normalized spacial score (nSPS) is 10.8. The molecule has 2 rings (SSSR count). The maximum absolute atomic E-state index is 9.55. The first-order valence-corrected chi connectivity index (χ1v) is 7.81. The van der Waals surface area contributed by atoms with Gasteiger partial charge in [0.2, 0.25) is 0 Å². The SMILES string of the molecule is CCOc1ccc(/C=C(\C#N)c2ccc(OC)c(OC)c2)cc1OC. The Kier molecular flexibility index (Phi) is 6.30. The molecule has 0 aliphatic heterocycles. The summed E-state index contributed by atoms with van der Waals surface area (Å²) >= 11 is 0. The van der Waals surface area contributed by atoms with Crippen LogP contribution in [0.25, 0.3) is 11.6 Å². The largest absolute Gasteiger partial charge is 0.493 e. The van der Waals surface area contributed by atoms with Gasteiger partial charge in [0, 0.05) is 0 Å². The molecule has 0 atom stereocenters. The van der Waals surface area contributed by atoms with Crippen molar-refractivity contribution in [1.82, 2.24) is 0 Å². The minimum absolute atomic E-state index is 0.507. The van der Waals surface area contributed by atoms with Crippen molar-refractivity contribution in [3.8, 4) is 29.1 Å². The molecule has 0 heterocycles. The van der Waals surface area contributed by atoms with Gasteiger partial charge in [0.15, 0.2) is 23.0 Å². The number of rotatable bonds is 7. The molecule has 0 N–H and O–H groups in total. The number of hydrogen-bond acceptors (Lipinski definition) is 5. The third-order valence-corrected chi connectivity index (χ3v) is 3.61. The fourth-order valence-corrected chi connectivity index (χ4v) is 2.40. The molecule has 5 nitrogen and oxygen atoms in total. The maximum Gasteiger partial charge on any atom is 0.161 e. The van der Waals surface area contributed by atoms with Gasteiger partial charge < -0.3 is 18.9 Å². The average molecular weight is 339 g/mol. The van der Waals surface area contributed by atoms with Crippen molar-refractivity contribution in [1.29, 1.82) is 5.26 Å². The van der Waals surface area contributed by atoms with Crippen LogP contribution in [0.5, 0.6) is 23.0 Å². The second-order valence-corrected chi connectivity index (χ2v) is 5.08. The first kappa shape index (κ1) is 18.2. The molecule has 25 heavy (non-hydrogen) atoms. The van der Waals surface area contributed by atoms with Gasteiger partial charge in [-0.1, -0.05) is 6.07 Å². The molecule has 0 aliphatic carbocycles. The zero-order chi connectivity index (χ0) is 18.2. The lowest BCUT2D eigenvalue weighted by Gasteiger charge is -2.11. The maximum atomic E-state index is 9.55. The fourth-order valence-electron chi connectivity index (χ4n) is 2.40. The van der Waals surface area contributed by atoms with Crippen molar-refractivity contribution in [2.75, 3.05) is 27.9 Å². The van der Waals surface area contributed by atoms with E-state index in [1.807, 2.05) is 31.2 Å². The zero-order valence-electron chi connectivity index (χ0n) is 14.8. The number of ether oxygens (including phenoxy) is 4. The van der Waals surface area contributed by atoms with Gasteiger partial charge in [-0.25, -0.2) is 0 Å². The highest BCUT2D eigenvalue weighted by atomic mass is 16.5. The fraction of sp³-hybridized carbons (Fsp3) is 0.250. The van der Waals surface area contributed by atoms with E-state index in [-0.39, 0.29) is 0 Å². The number of hydrogen-bond donors (Lipinski definition) is 0. The molecule has 0 aliphatic rings. The Morgan fingerprint density at radius 1 is 0.920 bits per heavy atom. The summed E-state index contributed by atoms with van der Waals surface area (Å²) in [6, 6.07) is 13.1. The van der Waals surface area contributed by atoms with Crippen LogP contribution in [-0.2, 0) is 0 Å². The number of allylic oxidation sites excluding steroid dienone is 1. The van der Waals surface area contributed by atoms with E-state index in [9.17, 15) is 5.26 Å². The van der Waals surface area contributed by atoms with Crippen LogP contribution >= 0.6 is 0 Å². The monoisotopic (exact) mass is 339 g/mol. The quantitative estimate of drug-likeness (QED) is 0.559. The van der Waals surface area contributed by atoms with Gasteiger partial charge in [-0.2, -0.15) is 5.26 Å². The number of nitrogens with zero attached hydrogens (tertiary/aromatic N) is 1. The minimum atomic E-state index is 0.507. The third-order valence-electron chi connectivity index (χ3n) is 3.61. The minimum Gasteiger partial charge on any atom is -0.493 e. The molecule has 0 fully saturated rings. The second-order valence-electron chi connectivity index (χ2n) is 5.08. The summed E-state index contributed by atoms with van der Waals surface area (Å²) in [7, 11) is 4.73. The number of benzene rings is 2. The van der Waals surface area contributed by atoms with Crippen LogP contribution in [0.2, 0.25) is 0 Å². The van der Waals surface area contributed by atoms with Crippen molar-refractivity contribution >= 4 is 11.6 Å². The molecule has 0 spiro atoms. The lowest BCUT2D eigenvalue weighted by Crippen LogP contribution is -1.95. The van der Waals surface area contributed by atoms with Gasteiger partial charge >= 0.3 is 0 Å². The molecule has 0 bridgehead atoms.